The smallest absolute Gasteiger partial charge is 0.405 e. The van der Waals surface area contributed by atoms with Crippen molar-refractivity contribution in [1.82, 2.24) is 0 Å². The summed E-state index contributed by atoms with van der Waals surface area (Å²) in [4.78, 5) is 10.5. The maximum atomic E-state index is 10.5. The van der Waals surface area contributed by atoms with Crippen molar-refractivity contribution in [1.29, 1.82) is 0 Å². The van der Waals surface area contributed by atoms with E-state index in [-0.39, 0.29) is 0 Å². The van der Waals surface area contributed by atoms with Crippen molar-refractivity contribution in [2.45, 2.75) is 58.5 Å². The number of hydrogen-bond donors (Lipinski definition) is 1. The third-order valence-corrected chi connectivity index (χ3v) is 2.01. The van der Waals surface area contributed by atoms with E-state index in [1.54, 1.807) is 0 Å². The van der Waals surface area contributed by atoms with E-state index < -0.39 is 11.7 Å². The Morgan fingerprint density at radius 1 is 1.31 bits per heavy atom. The van der Waals surface area contributed by atoms with E-state index in [0.717, 1.165) is 12.8 Å². The summed E-state index contributed by atoms with van der Waals surface area (Å²) < 4.78 is 4.96. The molecule has 0 aromatic carbocycles. The molecular formula is C10H21NO2. The fourth-order valence-corrected chi connectivity index (χ4v) is 1.30. The Labute approximate surface area is 80.6 Å². The van der Waals surface area contributed by atoms with Gasteiger partial charge in [-0.05, 0) is 26.7 Å². The number of amides is 1. The number of unbranched alkanes of at least 4 members (excludes halogenated alkanes) is 3. The molecule has 0 unspecified atom stereocenters. The standard InChI is InChI=1S/C10H21NO2/c1-4-5-6-7-8-10(2,3)13-9(11)12/h4-8H2,1-3H3,(H2,11,12). The van der Waals surface area contributed by atoms with E-state index in [1.165, 1.54) is 19.3 Å². The van der Waals surface area contributed by atoms with Crippen LogP contribution in [0.4, 0.5) is 4.79 Å². The maximum absolute atomic E-state index is 10.5. The van der Waals surface area contributed by atoms with Crippen molar-refractivity contribution in [3.8, 4) is 0 Å². The number of ether oxygens (including phenoxy) is 1. The van der Waals surface area contributed by atoms with Crippen molar-refractivity contribution >= 4 is 6.09 Å². The molecule has 0 spiro atoms. The molecule has 0 saturated carbocycles. The van der Waals surface area contributed by atoms with Gasteiger partial charge in [0.2, 0.25) is 0 Å². The predicted octanol–water partition coefficient (Wildman–Crippen LogP) is 2.83. The molecule has 0 aliphatic rings. The van der Waals surface area contributed by atoms with E-state index >= 15 is 0 Å². The Kier molecular flexibility index (Phi) is 5.51. The first-order chi connectivity index (χ1) is 5.98. The zero-order chi connectivity index (χ0) is 10.3. The molecule has 0 saturated heterocycles. The fourth-order valence-electron chi connectivity index (χ4n) is 1.30. The molecule has 1 amide bonds. The second-order valence-electron chi connectivity index (χ2n) is 3.99. The SMILES string of the molecule is CCCCCCC(C)(C)OC(N)=O. The molecule has 0 atom stereocenters. The molecule has 78 valence electrons. The summed E-state index contributed by atoms with van der Waals surface area (Å²) in [5, 5.41) is 0. The summed E-state index contributed by atoms with van der Waals surface area (Å²) in [5.41, 5.74) is 4.54. The topological polar surface area (TPSA) is 52.3 Å². The molecule has 0 rings (SSSR count). The van der Waals surface area contributed by atoms with Gasteiger partial charge in [-0.2, -0.15) is 0 Å². The van der Waals surface area contributed by atoms with Crippen LogP contribution >= 0.6 is 0 Å². The zero-order valence-corrected chi connectivity index (χ0v) is 8.93. The van der Waals surface area contributed by atoms with Crippen molar-refractivity contribution < 1.29 is 9.53 Å². The van der Waals surface area contributed by atoms with Crippen LogP contribution in [0.2, 0.25) is 0 Å². The number of carbonyl (C=O) groups is 1. The molecule has 0 radical (unpaired) electrons. The van der Waals surface area contributed by atoms with Gasteiger partial charge in [0.05, 0.1) is 0 Å². The summed E-state index contributed by atoms with van der Waals surface area (Å²) in [5.74, 6) is 0. The van der Waals surface area contributed by atoms with Gasteiger partial charge in [0.1, 0.15) is 5.60 Å². The van der Waals surface area contributed by atoms with Gasteiger partial charge in [-0.1, -0.05) is 26.2 Å². The molecular weight excluding hydrogens is 166 g/mol. The van der Waals surface area contributed by atoms with E-state index in [0.29, 0.717) is 0 Å². The van der Waals surface area contributed by atoms with Crippen molar-refractivity contribution in [2.24, 2.45) is 5.73 Å². The van der Waals surface area contributed by atoms with Gasteiger partial charge in [0.25, 0.3) is 0 Å². The number of carbonyl (C=O) groups excluding carboxylic acids is 1. The monoisotopic (exact) mass is 187 g/mol. The summed E-state index contributed by atoms with van der Waals surface area (Å²) in [6.45, 7) is 5.96. The Hall–Kier alpha value is -0.730. The average molecular weight is 187 g/mol. The van der Waals surface area contributed by atoms with Crippen LogP contribution in [0.3, 0.4) is 0 Å². The van der Waals surface area contributed by atoms with Gasteiger partial charge in [-0.15, -0.1) is 0 Å². The second-order valence-corrected chi connectivity index (χ2v) is 3.99. The largest absolute Gasteiger partial charge is 0.444 e. The van der Waals surface area contributed by atoms with Crippen LogP contribution in [-0.4, -0.2) is 11.7 Å². The Morgan fingerprint density at radius 2 is 1.92 bits per heavy atom. The third kappa shape index (κ3) is 7.62. The Balaban J connectivity index is 3.56. The first-order valence-electron chi connectivity index (χ1n) is 4.96. The van der Waals surface area contributed by atoms with E-state index in [4.69, 9.17) is 10.5 Å². The van der Waals surface area contributed by atoms with Crippen molar-refractivity contribution in [3.05, 3.63) is 0 Å². The molecule has 0 bridgehead atoms. The van der Waals surface area contributed by atoms with E-state index in [1.807, 2.05) is 13.8 Å². The lowest BCUT2D eigenvalue weighted by atomic mass is 10.00. The minimum absolute atomic E-state index is 0.403. The highest BCUT2D eigenvalue weighted by atomic mass is 16.6. The van der Waals surface area contributed by atoms with Gasteiger partial charge < -0.3 is 10.5 Å². The van der Waals surface area contributed by atoms with Crippen LogP contribution in [-0.2, 0) is 4.74 Å². The van der Waals surface area contributed by atoms with Gasteiger partial charge in [0, 0.05) is 0 Å². The molecule has 0 aliphatic carbocycles. The molecule has 3 nitrogen and oxygen atoms in total. The van der Waals surface area contributed by atoms with Crippen LogP contribution in [0.15, 0.2) is 0 Å². The lowest BCUT2D eigenvalue weighted by Gasteiger charge is -2.23. The summed E-state index contributed by atoms with van der Waals surface area (Å²) >= 11 is 0. The predicted molar refractivity (Wildman–Crippen MR) is 53.5 cm³/mol. The van der Waals surface area contributed by atoms with E-state index in [9.17, 15) is 4.79 Å². The summed E-state index contributed by atoms with van der Waals surface area (Å²) in [6, 6.07) is 0. The minimum atomic E-state index is -0.680. The third-order valence-electron chi connectivity index (χ3n) is 2.01. The lowest BCUT2D eigenvalue weighted by molar-refractivity contribution is 0.0372. The highest BCUT2D eigenvalue weighted by Crippen LogP contribution is 2.18. The lowest BCUT2D eigenvalue weighted by Crippen LogP contribution is -2.30. The summed E-state index contributed by atoms with van der Waals surface area (Å²) in [6.07, 6.45) is 4.95. The van der Waals surface area contributed by atoms with Gasteiger partial charge in [-0.3, -0.25) is 0 Å². The number of primary amides is 1. The molecule has 13 heavy (non-hydrogen) atoms. The molecule has 2 N–H and O–H groups in total. The first-order valence-corrected chi connectivity index (χ1v) is 4.96. The first kappa shape index (κ1) is 12.3. The average Bonchev–Trinajstić information content (AvgIpc) is 1.95. The maximum Gasteiger partial charge on any atom is 0.405 e. The molecule has 0 heterocycles. The molecule has 0 fully saturated rings. The highest BCUT2D eigenvalue weighted by molar-refractivity contribution is 5.65. The Morgan fingerprint density at radius 3 is 2.38 bits per heavy atom. The van der Waals surface area contributed by atoms with Gasteiger partial charge in [0.15, 0.2) is 0 Å². The van der Waals surface area contributed by atoms with Crippen LogP contribution < -0.4 is 5.73 Å². The van der Waals surface area contributed by atoms with E-state index in [2.05, 4.69) is 6.92 Å². The Bertz CT molecular complexity index is 155. The molecule has 0 aliphatic heterocycles. The molecule has 0 aromatic rings. The zero-order valence-electron chi connectivity index (χ0n) is 8.93. The van der Waals surface area contributed by atoms with Gasteiger partial charge >= 0.3 is 6.09 Å². The van der Waals surface area contributed by atoms with Crippen LogP contribution in [0.5, 0.6) is 0 Å². The van der Waals surface area contributed by atoms with Crippen molar-refractivity contribution in [2.75, 3.05) is 0 Å². The van der Waals surface area contributed by atoms with Gasteiger partial charge in [-0.25, -0.2) is 4.79 Å². The summed E-state index contributed by atoms with van der Waals surface area (Å²) in [7, 11) is 0. The van der Waals surface area contributed by atoms with Crippen molar-refractivity contribution in [3.63, 3.8) is 0 Å². The number of nitrogens with two attached hydrogens (primary N) is 1. The minimum Gasteiger partial charge on any atom is -0.444 e. The van der Waals surface area contributed by atoms with Crippen LogP contribution in [0, 0.1) is 0 Å². The number of hydrogen-bond acceptors (Lipinski definition) is 2. The van der Waals surface area contributed by atoms with Crippen LogP contribution in [0.25, 0.3) is 0 Å². The highest BCUT2D eigenvalue weighted by Gasteiger charge is 2.20. The molecule has 0 aromatic heterocycles. The quantitative estimate of drug-likeness (QED) is 0.650. The molecule has 3 heteroatoms. The number of rotatable bonds is 6. The fraction of sp³-hybridized carbons (Fsp3) is 0.900. The normalized spacial score (nSPS) is 11.3. The van der Waals surface area contributed by atoms with Crippen LogP contribution in [0.1, 0.15) is 52.9 Å². The second kappa shape index (κ2) is 5.84.